The Balaban J connectivity index is 2.43. The van der Waals surface area contributed by atoms with Gasteiger partial charge in [0, 0.05) is 18.6 Å². The van der Waals surface area contributed by atoms with Crippen LogP contribution in [0, 0.1) is 5.92 Å². The second kappa shape index (κ2) is 6.71. The number of hydrogen-bond acceptors (Lipinski definition) is 3. The highest BCUT2D eigenvalue weighted by molar-refractivity contribution is 5.84. The molecule has 0 saturated carbocycles. The van der Waals surface area contributed by atoms with Gasteiger partial charge in [-0.25, -0.2) is 0 Å². The van der Waals surface area contributed by atoms with Crippen molar-refractivity contribution in [1.82, 2.24) is 10.2 Å². The summed E-state index contributed by atoms with van der Waals surface area (Å²) in [6, 6.07) is 0.941. The summed E-state index contributed by atoms with van der Waals surface area (Å²) >= 11 is 0. The van der Waals surface area contributed by atoms with Gasteiger partial charge >= 0.3 is 0 Å². The van der Waals surface area contributed by atoms with Gasteiger partial charge in [-0.05, 0) is 59.4 Å². The molecule has 0 spiro atoms. The number of amides is 1. The minimum atomic E-state index is -0.581. The van der Waals surface area contributed by atoms with Crippen LogP contribution < -0.4 is 11.1 Å². The highest BCUT2D eigenvalue weighted by Crippen LogP contribution is 2.23. The monoisotopic (exact) mass is 269 g/mol. The Morgan fingerprint density at radius 1 is 1.47 bits per heavy atom. The van der Waals surface area contributed by atoms with E-state index in [0.29, 0.717) is 6.04 Å². The Kier molecular flexibility index (Phi) is 5.81. The molecule has 1 amide bonds. The maximum Gasteiger partial charge on any atom is 0.237 e. The summed E-state index contributed by atoms with van der Waals surface area (Å²) in [6.07, 6.45) is 3.10. The molecule has 3 unspecified atom stereocenters. The van der Waals surface area contributed by atoms with Gasteiger partial charge in [-0.2, -0.15) is 0 Å². The van der Waals surface area contributed by atoms with Crippen molar-refractivity contribution < 1.29 is 4.79 Å². The topological polar surface area (TPSA) is 58.4 Å². The molecular formula is C15H31N3O. The molecular weight excluding hydrogens is 238 g/mol. The summed E-state index contributed by atoms with van der Waals surface area (Å²) < 4.78 is 0. The summed E-state index contributed by atoms with van der Waals surface area (Å²) in [5.74, 6) is 0.551. The molecule has 1 fully saturated rings. The number of hydrogen-bond donors (Lipinski definition) is 2. The van der Waals surface area contributed by atoms with E-state index in [9.17, 15) is 4.79 Å². The number of primary amides is 1. The lowest BCUT2D eigenvalue weighted by molar-refractivity contribution is -0.124. The lowest BCUT2D eigenvalue weighted by Crippen LogP contribution is -2.55. The smallest absolute Gasteiger partial charge is 0.237 e. The van der Waals surface area contributed by atoms with Gasteiger partial charge in [0.05, 0.1) is 5.54 Å². The average molecular weight is 269 g/mol. The predicted octanol–water partition coefficient (Wildman–Crippen LogP) is 1.74. The molecule has 112 valence electrons. The Bertz CT molecular complexity index is 306. The third-order valence-corrected chi connectivity index (χ3v) is 4.19. The predicted molar refractivity (Wildman–Crippen MR) is 79.9 cm³/mol. The Hall–Kier alpha value is -0.610. The van der Waals surface area contributed by atoms with Crippen molar-refractivity contribution in [2.75, 3.05) is 13.1 Å². The van der Waals surface area contributed by atoms with Crippen LogP contribution >= 0.6 is 0 Å². The van der Waals surface area contributed by atoms with Crippen molar-refractivity contribution in [3.8, 4) is 0 Å². The highest BCUT2D eigenvalue weighted by Gasteiger charge is 2.32. The molecule has 0 aromatic heterocycles. The summed E-state index contributed by atoms with van der Waals surface area (Å²) in [4.78, 5) is 14.2. The van der Waals surface area contributed by atoms with Crippen LogP contribution in [0.3, 0.4) is 0 Å². The third-order valence-electron chi connectivity index (χ3n) is 4.19. The van der Waals surface area contributed by atoms with Crippen LogP contribution in [0.5, 0.6) is 0 Å². The number of rotatable bonds is 7. The van der Waals surface area contributed by atoms with E-state index in [1.54, 1.807) is 0 Å². The molecule has 0 aromatic rings. The van der Waals surface area contributed by atoms with Gasteiger partial charge in [0.15, 0.2) is 0 Å². The quantitative estimate of drug-likeness (QED) is 0.740. The summed E-state index contributed by atoms with van der Waals surface area (Å²) in [7, 11) is 0. The van der Waals surface area contributed by atoms with Crippen LogP contribution in [0.4, 0.5) is 0 Å². The molecule has 19 heavy (non-hydrogen) atoms. The van der Waals surface area contributed by atoms with Crippen LogP contribution in [-0.4, -0.2) is 41.5 Å². The van der Waals surface area contributed by atoms with E-state index in [-0.39, 0.29) is 11.9 Å². The van der Waals surface area contributed by atoms with Crippen molar-refractivity contribution in [2.45, 2.75) is 71.5 Å². The molecule has 3 N–H and O–H groups in total. The minimum absolute atomic E-state index is 0.246. The SMILES string of the molecule is CC1CC(C)N(CCCC(C)(NC(C)C)C(N)=O)C1. The Labute approximate surface area is 118 Å². The van der Waals surface area contributed by atoms with E-state index >= 15 is 0 Å². The van der Waals surface area contributed by atoms with Crippen LogP contribution in [0.15, 0.2) is 0 Å². The first-order valence-electron chi connectivity index (χ1n) is 7.56. The fourth-order valence-electron chi connectivity index (χ4n) is 3.24. The fourth-order valence-corrected chi connectivity index (χ4v) is 3.24. The van der Waals surface area contributed by atoms with Crippen LogP contribution in [-0.2, 0) is 4.79 Å². The molecule has 0 aliphatic carbocycles. The summed E-state index contributed by atoms with van der Waals surface area (Å²) in [5.41, 5.74) is 4.97. The Morgan fingerprint density at radius 3 is 2.53 bits per heavy atom. The lowest BCUT2D eigenvalue weighted by Gasteiger charge is -2.31. The molecule has 1 heterocycles. The zero-order chi connectivity index (χ0) is 14.6. The molecule has 3 atom stereocenters. The minimum Gasteiger partial charge on any atom is -0.368 e. The third kappa shape index (κ3) is 4.77. The first kappa shape index (κ1) is 16.4. The number of nitrogens with two attached hydrogens (primary N) is 1. The second-order valence-electron chi connectivity index (χ2n) is 6.78. The second-order valence-corrected chi connectivity index (χ2v) is 6.78. The van der Waals surface area contributed by atoms with Gasteiger partial charge in [-0.1, -0.05) is 6.92 Å². The standard InChI is InChI=1S/C15H31N3O/c1-11(2)17-15(5,14(16)19)7-6-8-18-10-12(3)9-13(18)4/h11-13,17H,6-10H2,1-5H3,(H2,16,19). The number of nitrogens with one attached hydrogen (secondary N) is 1. The molecule has 1 aliphatic rings. The first-order chi connectivity index (χ1) is 8.74. The van der Waals surface area contributed by atoms with Gasteiger partial charge in [-0.15, -0.1) is 0 Å². The molecule has 1 aliphatic heterocycles. The highest BCUT2D eigenvalue weighted by atomic mass is 16.1. The van der Waals surface area contributed by atoms with E-state index in [1.807, 2.05) is 20.8 Å². The maximum atomic E-state index is 11.6. The number of nitrogens with zero attached hydrogens (tertiary/aromatic N) is 1. The largest absolute Gasteiger partial charge is 0.368 e. The number of likely N-dealkylation sites (tertiary alicyclic amines) is 1. The first-order valence-corrected chi connectivity index (χ1v) is 7.56. The number of carbonyl (C=O) groups is 1. The maximum absolute atomic E-state index is 11.6. The van der Waals surface area contributed by atoms with Gasteiger partial charge < -0.3 is 16.0 Å². The zero-order valence-electron chi connectivity index (χ0n) is 13.2. The van der Waals surface area contributed by atoms with Gasteiger partial charge in [-0.3, -0.25) is 4.79 Å². The normalized spacial score (nSPS) is 27.7. The van der Waals surface area contributed by atoms with Crippen molar-refractivity contribution >= 4 is 5.91 Å². The van der Waals surface area contributed by atoms with Gasteiger partial charge in [0.1, 0.15) is 0 Å². The molecule has 0 aromatic carbocycles. The van der Waals surface area contributed by atoms with Crippen molar-refractivity contribution in [1.29, 1.82) is 0 Å². The number of carbonyl (C=O) groups excluding carboxylic acids is 1. The van der Waals surface area contributed by atoms with Crippen molar-refractivity contribution in [3.05, 3.63) is 0 Å². The van der Waals surface area contributed by atoms with Crippen LogP contribution in [0.25, 0.3) is 0 Å². The average Bonchev–Trinajstić information content (AvgIpc) is 2.56. The van der Waals surface area contributed by atoms with E-state index in [0.717, 1.165) is 25.3 Å². The zero-order valence-corrected chi connectivity index (χ0v) is 13.2. The molecule has 0 radical (unpaired) electrons. The molecule has 4 nitrogen and oxygen atoms in total. The molecule has 4 heteroatoms. The lowest BCUT2D eigenvalue weighted by atomic mass is 9.93. The van der Waals surface area contributed by atoms with Crippen LogP contribution in [0.1, 0.15) is 53.9 Å². The van der Waals surface area contributed by atoms with Crippen LogP contribution in [0.2, 0.25) is 0 Å². The van der Waals surface area contributed by atoms with E-state index < -0.39 is 5.54 Å². The summed E-state index contributed by atoms with van der Waals surface area (Å²) in [6.45, 7) is 12.9. The van der Waals surface area contributed by atoms with Crippen molar-refractivity contribution in [2.24, 2.45) is 11.7 Å². The van der Waals surface area contributed by atoms with Gasteiger partial charge in [0.25, 0.3) is 0 Å². The Morgan fingerprint density at radius 2 is 2.11 bits per heavy atom. The van der Waals surface area contributed by atoms with E-state index in [1.165, 1.54) is 13.0 Å². The van der Waals surface area contributed by atoms with Crippen molar-refractivity contribution in [3.63, 3.8) is 0 Å². The molecule has 1 saturated heterocycles. The summed E-state index contributed by atoms with van der Waals surface area (Å²) in [5, 5.41) is 3.31. The molecule has 0 bridgehead atoms. The fraction of sp³-hybridized carbons (Fsp3) is 0.933. The molecule has 1 rings (SSSR count). The van der Waals surface area contributed by atoms with E-state index in [4.69, 9.17) is 5.73 Å². The van der Waals surface area contributed by atoms with E-state index in [2.05, 4.69) is 24.1 Å². The van der Waals surface area contributed by atoms with Gasteiger partial charge in [0.2, 0.25) is 5.91 Å².